The van der Waals surface area contributed by atoms with Crippen molar-refractivity contribution >= 4 is 135 Å². The molecule has 2 aromatic carbocycles. The molecule has 0 radical (unpaired) electrons. The van der Waals surface area contributed by atoms with E-state index in [1.165, 1.54) is 55.5 Å². The number of aromatic hydroxyl groups is 1. The van der Waals surface area contributed by atoms with Crippen LogP contribution in [-0.2, 0) is 106 Å². The third-order valence-corrected chi connectivity index (χ3v) is 19.5. The van der Waals surface area contributed by atoms with Crippen LogP contribution in [-0.4, -0.2) is 236 Å². The molecular formula is C74H108N24O19S. The minimum atomic E-state index is -1.94. The fourth-order valence-corrected chi connectivity index (χ4v) is 12.6. The maximum absolute atomic E-state index is 14.6. The summed E-state index contributed by atoms with van der Waals surface area (Å²) in [5.74, 6) is -18.0. The highest BCUT2D eigenvalue weighted by Gasteiger charge is 2.38. The van der Waals surface area contributed by atoms with Gasteiger partial charge in [0.25, 0.3) is 0 Å². The van der Waals surface area contributed by atoms with Gasteiger partial charge in [-0.2, -0.15) is 11.8 Å². The Hall–Kier alpha value is -12.9. The highest BCUT2D eigenvalue weighted by atomic mass is 32.2. The van der Waals surface area contributed by atoms with Gasteiger partial charge in [0.2, 0.25) is 106 Å². The molecule has 0 spiro atoms. The lowest BCUT2D eigenvalue weighted by Crippen LogP contribution is -2.60. The van der Waals surface area contributed by atoms with Crippen molar-refractivity contribution in [3.05, 3.63) is 84.1 Å². The van der Waals surface area contributed by atoms with Crippen LogP contribution in [0.3, 0.4) is 0 Å². The van der Waals surface area contributed by atoms with E-state index in [4.69, 9.17) is 34.1 Å². The molecule has 0 saturated carbocycles. The number of carbonyl (C=O) groups is 18. The number of nitrogens with two attached hydrogens (primary N) is 5. The molecule has 1 saturated heterocycles. The molecule has 5 rings (SSSR count). The molecule has 4 aromatic rings. The minimum Gasteiger partial charge on any atom is -0.508 e. The predicted octanol–water partition coefficient (Wildman–Crippen LogP) is -6.90. The van der Waals surface area contributed by atoms with E-state index >= 15 is 0 Å². The average Bonchev–Trinajstić information content (AvgIpc) is 1.68. The molecule has 3 unspecified atom stereocenters. The Bertz CT molecular complexity index is 4240. The Morgan fingerprint density at radius 3 is 1.64 bits per heavy atom. The number of aromatic amines is 2. The first-order valence-corrected chi connectivity index (χ1v) is 39.4. The van der Waals surface area contributed by atoms with Gasteiger partial charge in [0.1, 0.15) is 78.3 Å². The van der Waals surface area contributed by atoms with E-state index in [1.54, 1.807) is 58.2 Å². The highest BCUT2D eigenvalue weighted by molar-refractivity contribution is 7.98. The molecule has 29 N–H and O–H groups in total. The summed E-state index contributed by atoms with van der Waals surface area (Å²) >= 11 is 1.43. The number of hydrogen-bond acceptors (Lipinski definition) is 22. The third kappa shape index (κ3) is 32.4. The number of para-hydroxylation sites is 1. The zero-order chi connectivity index (χ0) is 87.5. The minimum absolute atomic E-state index is 0.00203. The maximum atomic E-state index is 14.6. The largest absolute Gasteiger partial charge is 0.508 e. The van der Waals surface area contributed by atoms with Crippen LogP contribution in [0.2, 0.25) is 0 Å². The van der Waals surface area contributed by atoms with Gasteiger partial charge in [-0.05, 0) is 98.6 Å². The summed E-state index contributed by atoms with van der Waals surface area (Å²) < 4.78 is 0. The topological polar surface area (TPSA) is 706 Å². The van der Waals surface area contributed by atoms with Gasteiger partial charge in [0.15, 0.2) is 5.96 Å². The number of rotatable bonds is 51. The smallest absolute Gasteiger partial charge is 0.243 e. The normalized spacial score (nSPS) is 15.3. The van der Waals surface area contributed by atoms with E-state index in [0.717, 1.165) is 0 Å². The number of nitrogens with zero attached hydrogens (tertiary/aromatic N) is 1. The van der Waals surface area contributed by atoms with Gasteiger partial charge in [-0.1, -0.05) is 64.4 Å². The van der Waals surface area contributed by atoms with E-state index in [2.05, 4.69) is 94.7 Å². The van der Waals surface area contributed by atoms with Crippen molar-refractivity contribution in [3.63, 3.8) is 0 Å². The molecule has 644 valence electrons. The predicted molar refractivity (Wildman–Crippen MR) is 427 cm³/mol. The Labute approximate surface area is 682 Å². The molecule has 0 aliphatic carbocycles. The lowest BCUT2D eigenvalue weighted by Gasteiger charge is -2.28. The number of carbonyl (C=O) groups excluding carboxylic acids is 18. The van der Waals surface area contributed by atoms with Gasteiger partial charge in [-0.15, -0.1) is 0 Å². The summed E-state index contributed by atoms with van der Waals surface area (Å²) in [6.07, 6.45) is 3.02. The number of fused-ring (bicyclic) bond motifs is 1. The van der Waals surface area contributed by atoms with E-state index in [9.17, 15) is 91.4 Å². The molecule has 1 aliphatic rings. The van der Waals surface area contributed by atoms with Crippen LogP contribution in [0.1, 0.15) is 122 Å². The van der Waals surface area contributed by atoms with Gasteiger partial charge in [-0.25, -0.2) is 4.98 Å². The van der Waals surface area contributed by atoms with Crippen LogP contribution < -0.4 is 108 Å². The maximum Gasteiger partial charge on any atom is 0.243 e. The van der Waals surface area contributed by atoms with Gasteiger partial charge in [0, 0.05) is 74.1 Å². The summed E-state index contributed by atoms with van der Waals surface area (Å²) in [6, 6.07) is -5.28. The molecular weight excluding hydrogens is 1560 g/mol. The van der Waals surface area contributed by atoms with E-state index < -0.39 is 235 Å². The van der Waals surface area contributed by atoms with Crippen molar-refractivity contribution in [2.24, 2.45) is 40.5 Å². The second-order valence-corrected chi connectivity index (χ2v) is 29.6. The summed E-state index contributed by atoms with van der Waals surface area (Å²) in [6.45, 7) is 6.15. The first-order chi connectivity index (χ1) is 55.9. The van der Waals surface area contributed by atoms with Gasteiger partial charge < -0.3 is 123 Å². The monoisotopic (exact) mass is 1670 g/mol. The average molecular weight is 1670 g/mol. The first kappa shape index (κ1) is 95.7. The standard InChI is InChI=1S/C74H108N24O19S/c1-7-37(4)61(73(117)91-45(62(78)106)24-26-118-6)98-71(115)52(29-41-32-81-35-86-41)89-59(105)34-85-72(116)60(36(2)3)97-63(107)38(5)87-69(113)51(28-40-31-83-44-12-9-8-11-43(40)44)96-68(112)49(19-22-55(76)101)94-70(114)53(30-56(77)102)90-58(104)33-84-64(108)50(27-39-14-16-42(99)17-15-39)95-65(109)46(13-10-25-82-74(79)80)92-67(111)48(18-21-54(75)100)93-66(110)47-20-23-57(103)88-47/h8-9,11-12,14-17,31-32,35-38,45-53,60-61,83,99H,7,10,13,18-30,33-34H2,1-6H3,(H2,75,100)(H2,76,101)(H2,77,102)(H2,78,106)(H,81,86)(H,84,108)(H,85,116)(H,87,113)(H,88,103)(H,89,105)(H,90,104)(H,91,117)(H,92,111)(H,93,110)(H,94,114)(H,95,109)(H,96,112)(H,97,107)(H,98,115)(H4,79,80,82)/t37?,38?,45-,46-,47?,48+,49-,50-,51-,52-,53-,60-,61-/m0/s1. The molecule has 43 nitrogen and oxygen atoms in total. The van der Waals surface area contributed by atoms with Crippen molar-refractivity contribution in [1.29, 1.82) is 5.41 Å². The number of phenols is 1. The number of phenolic OH excluding ortho intramolecular Hbond substituents is 1. The van der Waals surface area contributed by atoms with Crippen molar-refractivity contribution in [1.82, 2.24) is 94.7 Å². The van der Waals surface area contributed by atoms with Crippen molar-refractivity contribution in [2.75, 3.05) is 31.6 Å². The summed E-state index contributed by atoms with van der Waals surface area (Å²) in [4.78, 5) is 253. The van der Waals surface area contributed by atoms with Gasteiger partial charge >= 0.3 is 0 Å². The van der Waals surface area contributed by atoms with Crippen LogP contribution in [0.4, 0.5) is 0 Å². The Balaban J connectivity index is 1.31. The quantitative estimate of drug-likeness (QED) is 0.0111. The van der Waals surface area contributed by atoms with Crippen LogP contribution >= 0.6 is 11.8 Å². The lowest BCUT2D eigenvalue weighted by atomic mass is 9.97. The Morgan fingerprint density at radius 2 is 1.08 bits per heavy atom. The van der Waals surface area contributed by atoms with Crippen molar-refractivity contribution in [2.45, 2.75) is 197 Å². The van der Waals surface area contributed by atoms with Crippen LogP contribution in [0.5, 0.6) is 5.75 Å². The molecule has 3 heterocycles. The second kappa shape index (κ2) is 47.8. The number of nitrogens with one attached hydrogen (secondary N) is 18. The first-order valence-electron chi connectivity index (χ1n) is 38.0. The molecule has 1 fully saturated rings. The fourth-order valence-electron chi connectivity index (χ4n) is 12.1. The number of thioether (sulfide) groups is 1. The molecule has 44 heteroatoms. The van der Waals surface area contributed by atoms with E-state index in [0.29, 0.717) is 39.9 Å². The van der Waals surface area contributed by atoms with Crippen molar-refractivity contribution < 1.29 is 91.4 Å². The second-order valence-electron chi connectivity index (χ2n) is 28.6. The zero-order valence-electron chi connectivity index (χ0n) is 66.2. The third-order valence-electron chi connectivity index (χ3n) is 18.9. The summed E-state index contributed by atoms with van der Waals surface area (Å²) in [5.41, 5.74) is 29.3. The Morgan fingerprint density at radius 1 is 0.551 bits per heavy atom. The SMILES string of the molecule is CCC(C)[C@H](NC(=O)[C@H](Cc1cnc[nH]1)NC(=O)CNC(=O)[C@@H](NC(=O)C(C)NC(=O)[C@H](Cc1c[nH]c2ccccc12)NC(=O)[C@H](CCC(N)=O)NC(=O)[C@H](CC(N)=O)NC(=O)CNC(=O)[C@H](Cc1ccc(O)cc1)NC(=O)[C@H](CCCNC(=N)N)NC(=O)[C@@H](CCC(N)=O)NC(=O)C1CCC(=O)N1)C(C)C)C(=O)N[C@@H](CCSC)C(N)=O. The van der Waals surface area contributed by atoms with Crippen LogP contribution in [0, 0.1) is 17.2 Å². The molecule has 0 bridgehead atoms. The number of H-pyrrole nitrogens is 2. The van der Waals surface area contributed by atoms with Crippen LogP contribution in [0.15, 0.2) is 67.3 Å². The Kier molecular flexibility index (Phi) is 38.8. The molecule has 13 atom stereocenters. The number of imidazole rings is 1. The molecule has 18 amide bonds. The summed E-state index contributed by atoms with van der Waals surface area (Å²) in [5, 5.41) is 55.7. The highest BCUT2D eigenvalue weighted by Crippen LogP contribution is 2.21. The zero-order valence-corrected chi connectivity index (χ0v) is 67.0. The van der Waals surface area contributed by atoms with Crippen LogP contribution in [0.25, 0.3) is 10.9 Å². The van der Waals surface area contributed by atoms with Gasteiger partial charge in [0.05, 0.1) is 25.8 Å². The van der Waals surface area contributed by atoms with Gasteiger partial charge in [-0.3, -0.25) is 91.7 Å². The number of benzene rings is 2. The number of aromatic nitrogens is 3. The molecule has 1 aliphatic heterocycles. The molecule has 118 heavy (non-hydrogen) atoms. The number of primary amides is 4. The summed E-state index contributed by atoms with van der Waals surface area (Å²) in [7, 11) is 0. The number of hydrogen-bond donors (Lipinski definition) is 24. The number of guanidine groups is 1. The fraction of sp³-hybridized carbons (Fsp3) is 0.514. The van der Waals surface area contributed by atoms with E-state index in [-0.39, 0.29) is 70.1 Å². The lowest BCUT2D eigenvalue weighted by molar-refractivity contribution is -0.136. The molecule has 2 aromatic heterocycles. The van der Waals surface area contributed by atoms with Crippen molar-refractivity contribution in [3.8, 4) is 5.75 Å². The number of amides is 18. The van der Waals surface area contributed by atoms with E-state index in [1.807, 2.05) is 6.26 Å².